The molecule has 2 aromatic carbocycles. The summed E-state index contributed by atoms with van der Waals surface area (Å²) >= 11 is 5.95. The monoisotopic (exact) mass is 289 g/mol. The number of rotatable bonds is 3. The van der Waals surface area contributed by atoms with E-state index in [1.165, 1.54) is 6.07 Å². The van der Waals surface area contributed by atoms with E-state index >= 15 is 0 Å². The highest BCUT2D eigenvalue weighted by atomic mass is 35.5. The first kappa shape index (κ1) is 14.4. The second-order valence-electron chi connectivity index (χ2n) is 4.58. The molecule has 0 heterocycles. The van der Waals surface area contributed by atoms with Crippen LogP contribution < -0.4 is 4.74 Å². The van der Waals surface area contributed by atoms with E-state index in [0.717, 1.165) is 11.1 Å². The third kappa shape index (κ3) is 3.09. The summed E-state index contributed by atoms with van der Waals surface area (Å²) in [5.74, 6) is 0.270. The number of aryl methyl sites for hydroxylation is 2. The number of hydrogen-bond donors (Lipinski definition) is 0. The van der Waals surface area contributed by atoms with Gasteiger partial charge < -0.3 is 4.74 Å². The molecule has 0 fully saturated rings. The molecule has 0 aliphatic rings. The van der Waals surface area contributed by atoms with Crippen LogP contribution in [0.25, 0.3) is 0 Å². The van der Waals surface area contributed by atoms with Crippen LogP contribution in [0, 0.1) is 31.0 Å². The molecule has 2 aromatic rings. The normalized spacial score (nSPS) is 10.2. The number of nitriles is 1. The maximum Gasteiger partial charge on any atom is 0.131 e. The topological polar surface area (TPSA) is 33.0 Å². The Bertz CT molecular complexity index is 668. The molecule has 0 aliphatic heterocycles. The van der Waals surface area contributed by atoms with Crippen LogP contribution in [-0.2, 0) is 6.61 Å². The van der Waals surface area contributed by atoms with E-state index in [9.17, 15) is 4.39 Å². The highest BCUT2D eigenvalue weighted by Crippen LogP contribution is 2.28. The molecule has 102 valence electrons. The SMILES string of the molecule is Cc1cc(Cl)cc(C)c1OCc1ccc(C#N)cc1F. The van der Waals surface area contributed by atoms with Crippen molar-refractivity contribution in [3.05, 3.63) is 63.4 Å². The maximum atomic E-state index is 13.8. The van der Waals surface area contributed by atoms with E-state index in [-0.39, 0.29) is 6.61 Å². The van der Waals surface area contributed by atoms with Crippen molar-refractivity contribution in [3.8, 4) is 11.8 Å². The fraction of sp³-hybridized carbons (Fsp3) is 0.188. The van der Waals surface area contributed by atoms with Gasteiger partial charge in [0.2, 0.25) is 0 Å². The van der Waals surface area contributed by atoms with Gasteiger partial charge in [0.15, 0.2) is 0 Å². The Labute approximate surface area is 122 Å². The number of nitrogens with zero attached hydrogens (tertiary/aromatic N) is 1. The minimum Gasteiger partial charge on any atom is -0.488 e. The third-order valence-corrected chi connectivity index (χ3v) is 3.20. The quantitative estimate of drug-likeness (QED) is 0.830. The number of benzene rings is 2. The van der Waals surface area contributed by atoms with E-state index in [0.29, 0.717) is 21.9 Å². The molecule has 0 aromatic heterocycles. The van der Waals surface area contributed by atoms with Crippen molar-refractivity contribution in [2.24, 2.45) is 0 Å². The molecule has 0 radical (unpaired) electrons. The predicted octanol–water partition coefficient (Wildman–Crippen LogP) is 4.55. The lowest BCUT2D eigenvalue weighted by Gasteiger charge is -2.13. The Balaban J connectivity index is 2.20. The first-order chi connectivity index (χ1) is 9.51. The molecule has 4 heteroatoms. The summed E-state index contributed by atoms with van der Waals surface area (Å²) in [5.41, 5.74) is 2.52. The van der Waals surface area contributed by atoms with Gasteiger partial charge in [-0.05, 0) is 49.2 Å². The van der Waals surface area contributed by atoms with Gasteiger partial charge in [0.1, 0.15) is 18.2 Å². The summed E-state index contributed by atoms with van der Waals surface area (Å²) in [6, 6.07) is 9.85. The van der Waals surface area contributed by atoms with Gasteiger partial charge in [-0.3, -0.25) is 0 Å². The van der Waals surface area contributed by atoms with Gasteiger partial charge in [-0.1, -0.05) is 17.7 Å². The molecule has 0 saturated heterocycles. The molecule has 2 rings (SSSR count). The second-order valence-corrected chi connectivity index (χ2v) is 5.01. The molecular weight excluding hydrogens is 277 g/mol. The van der Waals surface area contributed by atoms with Crippen LogP contribution in [0.4, 0.5) is 4.39 Å². The van der Waals surface area contributed by atoms with Crippen LogP contribution in [-0.4, -0.2) is 0 Å². The molecule has 0 amide bonds. The van der Waals surface area contributed by atoms with E-state index in [1.807, 2.05) is 19.9 Å². The molecule has 0 spiro atoms. The van der Waals surface area contributed by atoms with Gasteiger partial charge in [-0.15, -0.1) is 0 Å². The van der Waals surface area contributed by atoms with Gasteiger partial charge >= 0.3 is 0 Å². The minimum absolute atomic E-state index is 0.112. The summed E-state index contributed by atoms with van der Waals surface area (Å²) in [7, 11) is 0. The Morgan fingerprint density at radius 3 is 2.40 bits per heavy atom. The maximum absolute atomic E-state index is 13.8. The standard InChI is InChI=1S/C16H13ClFNO/c1-10-5-14(17)6-11(2)16(10)20-9-13-4-3-12(8-19)7-15(13)18/h3-7H,9H2,1-2H3. The minimum atomic E-state index is -0.437. The zero-order valence-electron chi connectivity index (χ0n) is 11.2. The fourth-order valence-electron chi connectivity index (χ4n) is 2.01. The smallest absolute Gasteiger partial charge is 0.131 e. The first-order valence-corrected chi connectivity index (χ1v) is 6.47. The largest absolute Gasteiger partial charge is 0.488 e. The highest BCUT2D eigenvalue weighted by Gasteiger charge is 2.09. The van der Waals surface area contributed by atoms with Gasteiger partial charge in [-0.2, -0.15) is 5.26 Å². The van der Waals surface area contributed by atoms with E-state index in [4.69, 9.17) is 21.6 Å². The van der Waals surface area contributed by atoms with Crippen LogP contribution in [0.15, 0.2) is 30.3 Å². The van der Waals surface area contributed by atoms with Crippen molar-refractivity contribution in [1.29, 1.82) is 5.26 Å². The van der Waals surface area contributed by atoms with Crippen molar-refractivity contribution >= 4 is 11.6 Å². The van der Waals surface area contributed by atoms with Gasteiger partial charge in [0.05, 0.1) is 11.6 Å². The molecule has 0 atom stereocenters. The molecule has 0 unspecified atom stereocenters. The zero-order valence-corrected chi connectivity index (χ0v) is 12.0. The number of ether oxygens (including phenoxy) is 1. The van der Waals surface area contributed by atoms with Crippen molar-refractivity contribution < 1.29 is 9.13 Å². The third-order valence-electron chi connectivity index (χ3n) is 2.98. The number of hydrogen-bond acceptors (Lipinski definition) is 2. The average molecular weight is 290 g/mol. The lowest BCUT2D eigenvalue weighted by Crippen LogP contribution is -2.01. The zero-order chi connectivity index (χ0) is 14.7. The van der Waals surface area contributed by atoms with E-state index in [2.05, 4.69) is 0 Å². The number of halogens is 2. The van der Waals surface area contributed by atoms with Crippen molar-refractivity contribution in [2.45, 2.75) is 20.5 Å². The van der Waals surface area contributed by atoms with Crippen LogP contribution in [0.1, 0.15) is 22.3 Å². The Hall–Kier alpha value is -2.05. The van der Waals surface area contributed by atoms with Crippen molar-refractivity contribution in [2.75, 3.05) is 0 Å². The predicted molar refractivity (Wildman–Crippen MR) is 76.4 cm³/mol. The van der Waals surface area contributed by atoms with E-state index in [1.54, 1.807) is 24.3 Å². The summed E-state index contributed by atoms with van der Waals surface area (Å²) in [4.78, 5) is 0. The Morgan fingerprint density at radius 2 is 1.85 bits per heavy atom. The Kier molecular flexibility index (Phi) is 4.26. The summed E-state index contributed by atoms with van der Waals surface area (Å²) in [6.07, 6.45) is 0. The Morgan fingerprint density at radius 1 is 1.20 bits per heavy atom. The molecule has 0 bridgehead atoms. The average Bonchev–Trinajstić information content (AvgIpc) is 2.39. The van der Waals surface area contributed by atoms with Gasteiger partial charge in [-0.25, -0.2) is 4.39 Å². The summed E-state index contributed by atoms with van der Waals surface area (Å²) < 4.78 is 19.4. The van der Waals surface area contributed by atoms with Gasteiger partial charge in [0.25, 0.3) is 0 Å². The van der Waals surface area contributed by atoms with E-state index < -0.39 is 5.82 Å². The van der Waals surface area contributed by atoms with Crippen molar-refractivity contribution in [3.63, 3.8) is 0 Å². The van der Waals surface area contributed by atoms with Crippen LogP contribution in [0.2, 0.25) is 5.02 Å². The summed E-state index contributed by atoms with van der Waals surface area (Å²) in [5, 5.41) is 9.35. The fourth-order valence-corrected chi connectivity index (χ4v) is 2.34. The highest BCUT2D eigenvalue weighted by molar-refractivity contribution is 6.30. The van der Waals surface area contributed by atoms with Crippen LogP contribution in [0.3, 0.4) is 0 Å². The molecule has 20 heavy (non-hydrogen) atoms. The van der Waals surface area contributed by atoms with Crippen LogP contribution >= 0.6 is 11.6 Å². The van der Waals surface area contributed by atoms with Crippen LogP contribution in [0.5, 0.6) is 5.75 Å². The lowest BCUT2D eigenvalue weighted by atomic mass is 10.1. The van der Waals surface area contributed by atoms with Crippen molar-refractivity contribution in [1.82, 2.24) is 0 Å². The molecule has 2 nitrogen and oxygen atoms in total. The molecule has 0 N–H and O–H groups in total. The molecule has 0 saturated carbocycles. The first-order valence-electron chi connectivity index (χ1n) is 6.09. The lowest BCUT2D eigenvalue weighted by molar-refractivity contribution is 0.296. The second kappa shape index (κ2) is 5.94. The van der Waals surface area contributed by atoms with Gasteiger partial charge in [0, 0.05) is 10.6 Å². The summed E-state index contributed by atoms with van der Waals surface area (Å²) in [6.45, 7) is 3.90. The molecule has 0 aliphatic carbocycles. The molecular formula is C16H13ClFNO.